The van der Waals surface area contributed by atoms with E-state index >= 15 is 0 Å². The molecular formula is C11H9IN2O2. The van der Waals surface area contributed by atoms with Crippen LogP contribution >= 0.6 is 22.6 Å². The molecule has 1 aromatic carbocycles. The van der Waals surface area contributed by atoms with Gasteiger partial charge in [0.15, 0.2) is 18.1 Å². The summed E-state index contributed by atoms with van der Waals surface area (Å²) in [5, 5.41) is 17.3. The van der Waals surface area contributed by atoms with Crippen LogP contribution < -0.4 is 9.47 Å². The van der Waals surface area contributed by atoms with Crippen molar-refractivity contribution >= 4 is 22.6 Å². The molecule has 16 heavy (non-hydrogen) atoms. The second-order valence-electron chi connectivity index (χ2n) is 2.78. The van der Waals surface area contributed by atoms with Gasteiger partial charge in [-0.2, -0.15) is 10.5 Å². The van der Waals surface area contributed by atoms with E-state index in [4.69, 9.17) is 20.0 Å². The molecule has 1 rings (SSSR count). The first kappa shape index (κ1) is 12.6. The van der Waals surface area contributed by atoms with E-state index in [0.29, 0.717) is 23.7 Å². The molecule has 0 heterocycles. The van der Waals surface area contributed by atoms with Crippen molar-refractivity contribution in [1.82, 2.24) is 0 Å². The third-order valence-electron chi connectivity index (χ3n) is 1.72. The molecule has 0 fully saturated rings. The maximum atomic E-state index is 8.82. The van der Waals surface area contributed by atoms with Gasteiger partial charge in [0, 0.05) is 6.07 Å². The zero-order valence-electron chi connectivity index (χ0n) is 8.66. The van der Waals surface area contributed by atoms with Crippen LogP contribution in [0.25, 0.3) is 0 Å². The summed E-state index contributed by atoms with van der Waals surface area (Å²) >= 11 is 2.05. The number of nitriles is 2. The van der Waals surface area contributed by atoms with Crippen LogP contribution in [0.1, 0.15) is 12.5 Å². The Bertz CT molecular complexity index is 460. The number of halogens is 1. The molecule has 0 N–H and O–H groups in total. The van der Waals surface area contributed by atoms with E-state index in [9.17, 15) is 0 Å². The summed E-state index contributed by atoms with van der Waals surface area (Å²) in [6.45, 7) is 2.29. The van der Waals surface area contributed by atoms with Crippen LogP contribution in [-0.4, -0.2) is 13.2 Å². The smallest absolute Gasteiger partial charge is 0.176 e. The number of hydrogen-bond donors (Lipinski definition) is 0. The molecule has 82 valence electrons. The van der Waals surface area contributed by atoms with Crippen molar-refractivity contribution in [3.8, 4) is 23.6 Å². The standard InChI is InChI=1S/C11H9IN2O2/c1-2-15-10-6-8(7-14)5-9(12)11(10)16-4-3-13/h5-6H,2,4H2,1H3. The molecular weight excluding hydrogens is 319 g/mol. The fourth-order valence-electron chi connectivity index (χ4n) is 1.14. The maximum absolute atomic E-state index is 8.82. The number of benzene rings is 1. The van der Waals surface area contributed by atoms with Crippen LogP contribution in [-0.2, 0) is 0 Å². The molecule has 0 aliphatic heterocycles. The normalized spacial score (nSPS) is 9.00. The molecule has 0 spiro atoms. The van der Waals surface area contributed by atoms with Gasteiger partial charge in [-0.25, -0.2) is 0 Å². The predicted molar refractivity (Wildman–Crippen MR) is 66.2 cm³/mol. The van der Waals surface area contributed by atoms with Crippen molar-refractivity contribution in [2.45, 2.75) is 6.92 Å². The Kier molecular flexibility index (Phi) is 4.87. The SMILES string of the molecule is CCOc1cc(C#N)cc(I)c1OCC#N. The van der Waals surface area contributed by atoms with Gasteiger partial charge >= 0.3 is 0 Å². The largest absolute Gasteiger partial charge is 0.490 e. The fraction of sp³-hybridized carbons (Fsp3) is 0.273. The highest BCUT2D eigenvalue weighted by atomic mass is 127. The van der Waals surface area contributed by atoms with Gasteiger partial charge in [-0.3, -0.25) is 0 Å². The van der Waals surface area contributed by atoms with Crippen molar-refractivity contribution in [2.24, 2.45) is 0 Å². The number of ether oxygens (including phenoxy) is 2. The Morgan fingerprint density at radius 1 is 1.31 bits per heavy atom. The van der Waals surface area contributed by atoms with E-state index in [1.54, 1.807) is 12.1 Å². The summed E-state index contributed by atoms with van der Waals surface area (Å²) in [6.07, 6.45) is 0. The molecule has 5 heteroatoms. The quantitative estimate of drug-likeness (QED) is 0.797. The third-order valence-corrected chi connectivity index (χ3v) is 2.52. The Labute approximate surface area is 108 Å². The lowest BCUT2D eigenvalue weighted by Crippen LogP contribution is -2.01. The lowest BCUT2D eigenvalue weighted by molar-refractivity contribution is 0.297. The van der Waals surface area contributed by atoms with Gasteiger partial charge in [0.05, 0.1) is 21.8 Å². The van der Waals surface area contributed by atoms with E-state index < -0.39 is 0 Å². The molecule has 0 aliphatic carbocycles. The second-order valence-corrected chi connectivity index (χ2v) is 3.94. The van der Waals surface area contributed by atoms with Gasteiger partial charge in [0.1, 0.15) is 6.07 Å². The second kappa shape index (κ2) is 6.19. The molecule has 0 atom stereocenters. The minimum absolute atomic E-state index is 0.0397. The molecule has 0 saturated heterocycles. The van der Waals surface area contributed by atoms with E-state index in [1.807, 2.05) is 41.7 Å². The van der Waals surface area contributed by atoms with Crippen LogP contribution in [0, 0.1) is 26.2 Å². The first-order valence-corrected chi connectivity index (χ1v) is 5.67. The van der Waals surface area contributed by atoms with E-state index in [0.717, 1.165) is 3.57 Å². The van der Waals surface area contributed by atoms with Crippen molar-refractivity contribution in [2.75, 3.05) is 13.2 Å². The zero-order valence-corrected chi connectivity index (χ0v) is 10.8. The highest BCUT2D eigenvalue weighted by Crippen LogP contribution is 2.33. The van der Waals surface area contributed by atoms with Crippen LogP contribution in [0.2, 0.25) is 0 Å². The Hall–Kier alpha value is -1.47. The van der Waals surface area contributed by atoms with Crippen LogP contribution in [0.4, 0.5) is 0 Å². The van der Waals surface area contributed by atoms with Gasteiger partial charge in [-0.1, -0.05) is 0 Å². The molecule has 4 nitrogen and oxygen atoms in total. The van der Waals surface area contributed by atoms with Crippen molar-refractivity contribution in [3.63, 3.8) is 0 Å². The highest BCUT2D eigenvalue weighted by molar-refractivity contribution is 14.1. The van der Waals surface area contributed by atoms with Gasteiger partial charge in [-0.05, 0) is 35.6 Å². The van der Waals surface area contributed by atoms with Crippen LogP contribution in [0.15, 0.2) is 12.1 Å². The molecule has 0 aromatic heterocycles. The number of rotatable bonds is 4. The van der Waals surface area contributed by atoms with Gasteiger partial charge in [0.25, 0.3) is 0 Å². The minimum Gasteiger partial charge on any atom is -0.490 e. The molecule has 1 aromatic rings. The van der Waals surface area contributed by atoms with Gasteiger partial charge in [-0.15, -0.1) is 0 Å². The summed E-state index contributed by atoms with van der Waals surface area (Å²) < 4.78 is 11.4. The number of hydrogen-bond acceptors (Lipinski definition) is 4. The molecule has 0 saturated carbocycles. The first-order chi connectivity index (χ1) is 7.72. The molecule has 0 unspecified atom stereocenters. The monoisotopic (exact) mass is 328 g/mol. The predicted octanol–water partition coefficient (Wildman–Crippen LogP) is 2.46. The lowest BCUT2D eigenvalue weighted by atomic mass is 10.2. The van der Waals surface area contributed by atoms with Crippen molar-refractivity contribution < 1.29 is 9.47 Å². The summed E-state index contributed by atoms with van der Waals surface area (Å²) in [5.74, 6) is 1.02. The van der Waals surface area contributed by atoms with Gasteiger partial charge < -0.3 is 9.47 Å². The van der Waals surface area contributed by atoms with E-state index in [-0.39, 0.29) is 6.61 Å². The van der Waals surface area contributed by atoms with Crippen LogP contribution in [0.3, 0.4) is 0 Å². The summed E-state index contributed by atoms with van der Waals surface area (Å²) in [6, 6.07) is 7.24. The Morgan fingerprint density at radius 2 is 2.06 bits per heavy atom. The molecule has 0 radical (unpaired) electrons. The van der Waals surface area contributed by atoms with Crippen molar-refractivity contribution in [1.29, 1.82) is 10.5 Å². The summed E-state index contributed by atoms with van der Waals surface area (Å²) in [4.78, 5) is 0. The maximum Gasteiger partial charge on any atom is 0.176 e. The van der Waals surface area contributed by atoms with Crippen molar-refractivity contribution in [3.05, 3.63) is 21.3 Å². The van der Waals surface area contributed by atoms with E-state index in [1.165, 1.54) is 0 Å². The first-order valence-electron chi connectivity index (χ1n) is 4.59. The minimum atomic E-state index is -0.0397. The fourth-order valence-corrected chi connectivity index (χ4v) is 1.90. The van der Waals surface area contributed by atoms with E-state index in [2.05, 4.69) is 0 Å². The Morgan fingerprint density at radius 3 is 2.62 bits per heavy atom. The average Bonchev–Trinajstić information content (AvgIpc) is 2.28. The average molecular weight is 328 g/mol. The summed E-state index contributed by atoms with van der Waals surface area (Å²) in [7, 11) is 0. The molecule has 0 amide bonds. The highest BCUT2D eigenvalue weighted by Gasteiger charge is 2.11. The third kappa shape index (κ3) is 3.01. The van der Waals surface area contributed by atoms with Gasteiger partial charge in [0.2, 0.25) is 0 Å². The number of nitrogens with zero attached hydrogens (tertiary/aromatic N) is 2. The lowest BCUT2D eigenvalue weighted by Gasteiger charge is -2.11. The summed E-state index contributed by atoms with van der Waals surface area (Å²) in [5.41, 5.74) is 0.511. The zero-order chi connectivity index (χ0) is 12.0. The topological polar surface area (TPSA) is 66.0 Å². The molecule has 0 bridgehead atoms. The molecule has 0 aliphatic rings. The van der Waals surface area contributed by atoms with Crippen LogP contribution in [0.5, 0.6) is 11.5 Å². The Balaban J connectivity index is 3.13.